The fraction of sp³-hybridized carbons (Fsp3) is 1.00. The summed E-state index contributed by atoms with van der Waals surface area (Å²) in [5, 5.41) is 9.65. The van der Waals surface area contributed by atoms with Crippen LogP contribution in [0.15, 0.2) is 0 Å². The lowest BCUT2D eigenvalue weighted by Crippen LogP contribution is -2.58. The zero-order valence-electron chi connectivity index (χ0n) is 13.4. The zero-order valence-corrected chi connectivity index (χ0v) is 14.4. The molecule has 1 rings (SSSR count). The maximum absolute atomic E-state index is 9.52. The molecule has 0 spiro atoms. The van der Waals surface area contributed by atoms with Gasteiger partial charge in [-0.05, 0) is 18.1 Å². The average Bonchev–Trinajstić information content (AvgIpc) is 2.28. The molecular weight excluding hydrogens is 260 g/mol. The Morgan fingerprint density at radius 2 is 1.84 bits per heavy atom. The second-order valence-corrected chi connectivity index (χ2v) is 11.8. The third-order valence-electron chi connectivity index (χ3n) is 4.51. The van der Waals surface area contributed by atoms with Crippen LogP contribution in [0.25, 0.3) is 0 Å². The Hall–Kier alpha value is 0.0569. The van der Waals surface area contributed by atoms with Crippen molar-refractivity contribution >= 4 is 8.32 Å². The molecule has 0 bridgehead atoms. The highest BCUT2D eigenvalue weighted by Crippen LogP contribution is 2.39. The molecule has 114 valence electrons. The van der Waals surface area contributed by atoms with Crippen molar-refractivity contribution in [2.45, 2.75) is 64.1 Å². The van der Waals surface area contributed by atoms with Gasteiger partial charge in [0.25, 0.3) is 0 Å². The predicted octanol–water partition coefficient (Wildman–Crippen LogP) is 2.42. The Kier molecular flexibility index (Phi) is 5.60. The molecule has 0 unspecified atom stereocenters. The van der Waals surface area contributed by atoms with E-state index in [9.17, 15) is 5.11 Å². The summed E-state index contributed by atoms with van der Waals surface area (Å²) in [6.45, 7) is 13.8. The van der Waals surface area contributed by atoms with E-state index in [0.717, 1.165) is 0 Å². The normalized spacial score (nSPS) is 33.5. The van der Waals surface area contributed by atoms with Gasteiger partial charge in [-0.15, -0.1) is 0 Å². The predicted molar refractivity (Wildman–Crippen MR) is 78.9 cm³/mol. The minimum atomic E-state index is -1.91. The Morgan fingerprint density at radius 3 is 2.26 bits per heavy atom. The lowest BCUT2D eigenvalue weighted by Gasteiger charge is -2.46. The molecule has 19 heavy (non-hydrogen) atoms. The van der Waals surface area contributed by atoms with Crippen LogP contribution in [-0.2, 0) is 13.9 Å². The summed E-state index contributed by atoms with van der Waals surface area (Å²) in [5.74, 6) is 0.280. The van der Waals surface area contributed by atoms with Gasteiger partial charge < -0.3 is 19.0 Å². The lowest BCUT2D eigenvalue weighted by atomic mass is 9.94. The first kappa shape index (κ1) is 17.1. The number of rotatable bonds is 4. The SMILES string of the molecule is CO[C@@H]1[C@@H](O[Si](C)(C)C(C)(C)C)[C@H](CO)OC[C@H]1C. The van der Waals surface area contributed by atoms with Crippen LogP contribution in [0.2, 0.25) is 18.1 Å². The van der Waals surface area contributed by atoms with E-state index in [1.807, 2.05) is 0 Å². The standard InChI is InChI=1S/C14H30O4Si/c1-10-9-17-11(8-15)13(12(10)16-5)18-19(6,7)14(2,3)4/h10-13,15H,8-9H2,1-7H3/t10-,11+,12+,13+/m1/s1. The first-order valence-corrected chi connectivity index (χ1v) is 9.98. The molecule has 0 radical (unpaired) electrons. The largest absolute Gasteiger partial charge is 0.409 e. The molecular formula is C14H30O4Si. The Bertz CT molecular complexity index is 288. The number of hydrogen-bond donors (Lipinski definition) is 1. The van der Waals surface area contributed by atoms with Crippen LogP contribution in [0, 0.1) is 5.92 Å². The van der Waals surface area contributed by atoms with E-state index in [1.54, 1.807) is 7.11 Å². The van der Waals surface area contributed by atoms with Gasteiger partial charge in [0.05, 0.1) is 25.4 Å². The third kappa shape index (κ3) is 3.79. The smallest absolute Gasteiger partial charge is 0.192 e. The number of methoxy groups -OCH3 is 1. The Balaban J connectivity index is 2.91. The quantitative estimate of drug-likeness (QED) is 0.808. The summed E-state index contributed by atoms with van der Waals surface area (Å²) in [6, 6.07) is 0. The van der Waals surface area contributed by atoms with Gasteiger partial charge in [-0.2, -0.15) is 0 Å². The van der Waals surface area contributed by atoms with Crippen molar-refractivity contribution in [3.8, 4) is 0 Å². The molecule has 4 atom stereocenters. The third-order valence-corrected chi connectivity index (χ3v) is 8.99. The van der Waals surface area contributed by atoms with Gasteiger partial charge in [0.2, 0.25) is 0 Å². The van der Waals surface area contributed by atoms with Crippen LogP contribution in [-0.4, -0.2) is 52.1 Å². The Morgan fingerprint density at radius 1 is 1.26 bits per heavy atom. The zero-order chi connectivity index (χ0) is 14.8. The van der Waals surface area contributed by atoms with Gasteiger partial charge >= 0.3 is 0 Å². The first-order chi connectivity index (χ1) is 8.64. The van der Waals surface area contributed by atoms with Crippen molar-refractivity contribution in [2.75, 3.05) is 20.3 Å². The highest BCUT2D eigenvalue weighted by Gasteiger charge is 2.46. The molecule has 1 heterocycles. The average molecular weight is 290 g/mol. The van der Waals surface area contributed by atoms with Crippen molar-refractivity contribution < 1.29 is 19.0 Å². The monoisotopic (exact) mass is 290 g/mol. The van der Waals surface area contributed by atoms with Gasteiger partial charge in [0.15, 0.2) is 8.32 Å². The topological polar surface area (TPSA) is 47.9 Å². The van der Waals surface area contributed by atoms with Gasteiger partial charge in [-0.3, -0.25) is 0 Å². The molecule has 0 aromatic carbocycles. The maximum atomic E-state index is 9.52. The molecule has 4 nitrogen and oxygen atoms in total. The van der Waals surface area contributed by atoms with E-state index in [2.05, 4.69) is 40.8 Å². The van der Waals surface area contributed by atoms with E-state index in [4.69, 9.17) is 13.9 Å². The molecule has 1 fully saturated rings. The second-order valence-electron chi connectivity index (χ2n) is 7.07. The van der Waals surface area contributed by atoms with Gasteiger partial charge in [0.1, 0.15) is 6.10 Å². The van der Waals surface area contributed by atoms with Crippen molar-refractivity contribution in [2.24, 2.45) is 5.92 Å². The summed E-state index contributed by atoms with van der Waals surface area (Å²) in [6.07, 6.45) is -0.477. The minimum absolute atomic E-state index is 0.0139. The van der Waals surface area contributed by atoms with Gasteiger partial charge in [-0.1, -0.05) is 27.7 Å². The van der Waals surface area contributed by atoms with E-state index < -0.39 is 8.32 Å². The van der Waals surface area contributed by atoms with E-state index in [-0.39, 0.29) is 35.9 Å². The fourth-order valence-electron chi connectivity index (χ4n) is 2.18. The fourth-order valence-corrected chi connectivity index (χ4v) is 3.50. The number of ether oxygens (including phenoxy) is 2. The highest BCUT2D eigenvalue weighted by atomic mass is 28.4. The molecule has 0 aromatic heterocycles. The van der Waals surface area contributed by atoms with E-state index >= 15 is 0 Å². The summed E-state index contributed by atoms with van der Waals surface area (Å²) in [7, 11) is -0.198. The second kappa shape index (κ2) is 6.22. The van der Waals surface area contributed by atoms with Crippen molar-refractivity contribution in [1.29, 1.82) is 0 Å². The summed E-state index contributed by atoms with van der Waals surface area (Å²) in [4.78, 5) is 0. The summed E-state index contributed by atoms with van der Waals surface area (Å²) >= 11 is 0. The molecule has 0 aromatic rings. The molecule has 0 saturated carbocycles. The van der Waals surface area contributed by atoms with Crippen LogP contribution < -0.4 is 0 Å². The number of aliphatic hydroxyl groups is 1. The molecule has 1 saturated heterocycles. The van der Waals surface area contributed by atoms with E-state index in [1.165, 1.54) is 0 Å². The van der Waals surface area contributed by atoms with Crippen LogP contribution in [0.4, 0.5) is 0 Å². The molecule has 1 N–H and O–H groups in total. The Labute approximate surface area is 118 Å². The lowest BCUT2D eigenvalue weighted by molar-refractivity contribution is -0.174. The van der Waals surface area contributed by atoms with Crippen LogP contribution >= 0.6 is 0 Å². The van der Waals surface area contributed by atoms with Crippen molar-refractivity contribution in [3.05, 3.63) is 0 Å². The first-order valence-electron chi connectivity index (χ1n) is 7.07. The van der Waals surface area contributed by atoms with Crippen LogP contribution in [0.1, 0.15) is 27.7 Å². The van der Waals surface area contributed by atoms with Crippen LogP contribution in [0.3, 0.4) is 0 Å². The summed E-state index contributed by atoms with van der Waals surface area (Å²) in [5.41, 5.74) is 0. The van der Waals surface area contributed by atoms with E-state index in [0.29, 0.717) is 6.61 Å². The van der Waals surface area contributed by atoms with Crippen LogP contribution in [0.5, 0.6) is 0 Å². The highest BCUT2D eigenvalue weighted by molar-refractivity contribution is 6.74. The minimum Gasteiger partial charge on any atom is -0.409 e. The molecule has 0 aliphatic carbocycles. The molecule has 1 aliphatic rings. The summed E-state index contributed by atoms with van der Waals surface area (Å²) < 4.78 is 17.8. The maximum Gasteiger partial charge on any atom is 0.192 e. The molecule has 5 heteroatoms. The van der Waals surface area contributed by atoms with Crippen molar-refractivity contribution in [3.63, 3.8) is 0 Å². The van der Waals surface area contributed by atoms with Crippen molar-refractivity contribution in [1.82, 2.24) is 0 Å². The molecule has 1 aliphatic heterocycles. The van der Waals surface area contributed by atoms with Gasteiger partial charge in [0, 0.05) is 13.0 Å². The number of aliphatic hydroxyl groups excluding tert-OH is 1. The van der Waals surface area contributed by atoms with Gasteiger partial charge in [-0.25, -0.2) is 0 Å². The number of hydrogen-bond acceptors (Lipinski definition) is 4. The molecule has 0 amide bonds.